The van der Waals surface area contributed by atoms with Crippen LogP contribution in [0.1, 0.15) is 0 Å². The van der Waals surface area contributed by atoms with E-state index < -0.39 is 0 Å². The Morgan fingerprint density at radius 2 is 1.02 bits per heavy atom. The maximum absolute atomic E-state index is 5.55. The molecule has 0 atom stereocenters. The van der Waals surface area contributed by atoms with Gasteiger partial charge in [0.1, 0.15) is 0 Å². The molecule has 49 heavy (non-hydrogen) atoms. The second kappa shape index (κ2) is 11.2. The van der Waals surface area contributed by atoms with Gasteiger partial charge in [0.2, 0.25) is 0 Å². The largest absolute Gasteiger partial charge is 0.247 e. The third-order valence-electron chi connectivity index (χ3n) is 9.45. The van der Waals surface area contributed by atoms with Crippen molar-refractivity contribution in [1.29, 1.82) is 0 Å². The predicted molar refractivity (Wildman–Crippen MR) is 207 cm³/mol. The molecule has 0 fully saturated rings. The Bertz CT molecular complexity index is 2820. The first-order chi connectivity index (χ1) is 24.3. The van der Waals surface area contributed by atoms with Gasteiger partial charge in [-0.25, -0.2) is 15.0 Å². The molecule has 0 amide bonds. The minimum Gasteiger partial charge on any atom is -0.247 e. The fourth-order valence-electron chi connectivity index (χ4n) is 7.14. The Kier molecular flexibility index (Phi) is 6.36. The Hall–Kier alpha value is -6.23. The highest BCUT2D eigenvalue weighted by Crippen LogP contribution is 2.45. The van der Waals surface area contributed by atoms with Crippen molar-refractivity contribution < 1.29 is 0 Å². The van der Waals surface area contributed by atoms with Crippen LogP contribution < -0.4 is 0 Å². The molecule has 0 aliphatic carbocycles. The number of hydrogen-bond donors (Lipinski definition) is 0. The maximum Gasteiger partial charge on any atom is 0.160 e. The van der Waals surface area contributed by atoms with Crippen LogP contribution in [0.4, 0.5) is 0 Å². The molecule has 10 aromatic rings. The quantitative estimate of drug-likeness (QED) is 0.180. The normalized spacial score (nSPS) is 11.7. The number of nitrogens with zero attached hydrogens (tertiary/aromatic N) is 3. The molecule has 4 heteroatoms. The molecule has 0 aliphatic rings. The van der Waals surface area contributed by atoms with Gasteiger partial charge in [-0.15, -0.1) is 11.3 Å². The number of fused-ring (bicyclic) bond motifs is 8. The monoisotopic (exact) mass is 641 g/mol. The highest BCUT2D eigenvalue weighted by atomic mass is 32.1. The Balaban J connectivity index is 1.26. The van der Waals surface area contributed by atoms with Crippen LogP contribution in [0, 0.1) is 0 Å². The highest BCUT2D eigenvalue weighted by molar-refractivity contribution is 7.26. The van der Waals surface area contributed by atoms with Crippen molar-refractivity contribution in [3.63, 3.8) is 0 Å². The van der Waals surface area contributed by atoms with E-state index in [1.807, 2.05) is 47.7 Å². The van der Waals surface area contributed by atoms with E-state index in [1.54, 1.807) is 0 Å². The van der Waals surface area contributed by atoms with Crippen molar-refractivity contribution in [3.8, 4) is 45.2 Å². The van der Waals surface area contributed by atoms with Crippen molar-refractivity contribution >= 4 is 64.0 Å². The van der Waals surface area contributed by atoms with Crippen LogP contribution in [0.3, 0.4) is 0 Å². The zero-order valence-corrected chi connectivity index (χ0v) is 27.2. The number of thiophene rings is 1. The summed E-state index contributed by atoms with van der Waals surface area (Å²) in [5.74, 6) is 0.679. The van der Waals surface area contributed by atoms with Crippen molar-refractivity contribution in [2.45, 2.75) is 0 Å². The van der Waals surface area contributed by atoms with E-state index in [2.05, 4.69) is 127 Å². The van der Waals surface area contributed by atoms with Gasteiger partial charge in [-0.1, -0.05) is 140 Å². The van der Waals surface area contributed by atoms with E-state index in [-0.39, 0.29) is 0 Å². The van der Waals surface area contributed by atoms with Gasteiger partial charge in [0.15, 0.2) is 5.82 Å². The van der Waals surface area contributed by atoms with Crippen LogP contribution in [0.25, 0.3) is 97.8 Å². The zero-order valence-electron chi connectivity index (χ0n) is 26.3. The lowest BCUT2D eigenvalue weighted by molar-refractivity contribution is 1.18. The molecule has 0 N–H and O–H groups in total. The maximum atomic E-state index is 5.55. The lowest BCUT2D eigenvalue weighted by Crippen LogP contribution is -1.96. The fourth-order valence-corrected chi connectivity index (χ4v) is 8.37. The molecule has 10 rings (SSSR count). The fraction of sp³-hybridized carbons (Fsp3) is 0. The third-order valence-corrected chi connectivity index (χ3v) is 10.7. The molecule has 0 saturated carbocycles. The molecule has 0 spiro atoms. The van der Waals surface area contributed by atoms with Gasteiger partial charge < -0.3 is 0 Å². The average Bonchev–Trinajstić information content (AvgIpc) is 3.58. The van der Waals surface area contributed by atoms with Gasteiger partial charge in [-0.3, -0.25) is 0 Å². The molecule has 228 valence electrons. The number of benzene rings is 7. The first-order valence-corrected chi connectivity index (χ1v) is 17.3. The number of rotatable bonds is 4. The van der Waals surface area contributed by atoms with E-state index in [1.165, 1.54) is 41.7 Å². The second-order valence-corrected chi connectivity index (χ2v) is 13.4. The summed E-state index contributed by atoms with van der Waals surface area (Å²) in [6, 6.07) is 57.6. The lowest BCUT2D eigenvalue weighted by Gasteiger charge is -2.14. The first kappa shape index (κ1) is 27.8. The van der Waals surface area contributed by atoms with E-state index in [9.17, 15) is 0 Å². The van der Waals surface area contributed by atoms with Crippen molar-refractivity contribution in [1.82, 2.24) is 15.0 Å². The van der Waals surface area contributed by atoms with Gasteiger partial charge in [0.05, 0.1) is 22.6 Å². The average molecular weight is 642 g/mol. The van der Waals surface area contributed by atoms with Crippen LogP contribution in [0.5, 0.6) is 0 Å². The summed E-state index contributed by atoms with van der Waals surface area (Å²) in [7, 11) is 0. The topological polar surface area (TPSA) is 38.7 Å². The number of pyridine rings is 1. The molecule has 3 nitrogen and oxygen atoms in total. The van der Waals surface area contributed by atoms with Gasteiger partial charge in [-0.2, -0.15) is 0 Å². The summed E-state index contributed by atoms with van der Waals surface area (Å²) < 4.78 is 2.50. The molecule has 0 aliphatic heterocycles. The van der Waals surface area contributed by atoms with E-state index in [0.29, 0.717) is 5.82 Å². The molecular formula is C45H27N3S. The Morgan fingerprint density at radius 1 is 0.408 bits per heavy atom. The first-order valence-electron chi connectivity index (χ1n) is 16.4. The molecule has 7 aromatic carbocycles. The second-order valence-electron chi connectivity index (χ2n) is 12.4. The third kappa shape index (κ3) is 4.61. The number of aromatic nitrogens is 3. The summed E-state index contributed by atoms with van der Waals surface area (Å²) in [5, 5.41) is 8.47. The minimum atomic E-state index is 0.679. The summed E-state index contributed by atoms with van der Waals surface area (Å²) in [6.07, 6.45) is 0. The highest BCUT2D eigenvalue weighted by Gasteiger charge is 2.20. The molecule has 0 unspecified atom stereocenters. The molecule has 0 bridgehead atoms. The minimum absolute atomic E-state index is 0.679. The van der Waals surface area contributed by atoms with E-state index in [0.717, 1.165) is 50.2 Å². The lowest BCUT2D eigenvalue weighted by atomic mass is 9.93. The SMILES string of the molecule is c1ccc(-c2cc(-c3ccccc3)nc(-c3ccc4c(c3)nc(-c3cc5ccccc5c5ccccc35)c3c5ccccc5sc43)n2)cc1. The van der Waals surface area contributed by atoms with Gasteiger partial charge in [0.25, 0.3) is 0 Å². The molecule has 3 aromatic heterocycles. The van der Waals surface area contributed by atoms with Gasteiger partial charge in [0, 0.05) is 47.8 Å². The van der Waals surface area contributed by atoms with Crippen LogP contribution in [0.2, 0.25) is 0 Å². The predicted octanol–water partition coefficient (Wildman–Crippen LogP) is 12.4. The van der Waals surface area contributed by atoms with Crippen LogP contribution >= 0.6 is 11.3 Å². The zero-order chi connectivity index (χ0) is 32.3. The van der Waals surface area contributed by atoms with Crippen LogP contribution in [0.15, 0.2) is 164 Å². The molecule has 3 heterocycles. The molecule has 0 saturated heterocycles. The van der Waals surface area contributed by atoms with E-state index >= 15 is 0 Å². The van der Waals surface area contributed by atoms with Gasteiger partial charge in [-0.05, 0) is 45.8 Å². The summed E-state index contributed by atoms with van der Waals surface area (Å²) in [5.41, 5.74) is 7.90. The van der Waals surface area contributed by atoms with Crippen molar-refractivity contribution in [2.75, 3.05) is 0 Å². The standard InChI is InChI=1S/C45H27N3S/c1-3-13-28(14-4-1)38-27-39(29-15-5-2-6-16-29)48-45(47-38)31-23-24-35-40(26-31)46-43(42-36-21-11-12-22-41(36)49-44(35)42)37-25-30-17-7-8-18-32(30)33-19-9-10-20-34(33)37/h1-27H. The summed E-state index contributed by atoms with van der Waals surface area (Å²) in [4.78, 5) is 15.8. The van der Waals surface area contributed by atoms with Crippen molar-refractivity contribution in [3.05, 3.63) is 164 Å². The van der Waals surface area contributed by atoms with Crippen LogP contribution in [-0.2, 0) is 0 Å². The van der Waals surface area contributed by atoms with Gasteiger partial charge >= 0.3 is 0 Å². The Morgan fingerprint density at radius 3 is 1.76 bits per heavy atom. The van der Waals surface area contributed by atoms with E-state index in [4.69, 9.17) is 15.0 Å². The Labute approximate surface area is 286 Å². The molecule has 0 radical (unpaired) electrons. The molecular weight excluding hydrogens is 615 g/mol. The summed E-state index contributed by atoms with van der Waals surface area (Å²) in [6.45, 7) is 0. The summed E-state index contributed by atoms with van der Waals surface area (Å²) >= 11 is 1.84. The van der Waals surface area contributed by atoms with Crippen LogP contribution in [-0.4, -0.2) is 15.0 Å². The number of hydrogen-bond acceptors (Lipinski definition) is 4. The van der Waals surface area contributed by atoms with Crippen molar-refractivity contribution in [2.24, 2.45) is 0 Å². The smallest absolute Gasteiger partial charge is 0.160 e.